The number of rotatable bonds is 4. The molecule has 2 heterocycles. The molecule has 0 aromatic carbocycles. The lowest BCUT2D eigenvalue weighted by Crippen LogP contribution is -2.22. The van der Waals surface area contributed by atoms with Crippen LogP contribution in [0.1, 0.15) is 47.2 Å². The van der Waals surface area contributed by atoms with Crippen molar-refractivity contribution in [1.82, 2.24) is 15.3 Å². The van der Waals surface area contributed by atoms with Gasteiger partial charge in [-0.2, -0.15) is 0 Å². The minimum absolute atomic E-state index is 0.276. The SMILES string of the molecule is Cc1nc(C)c(C(C)NC(C)c2cscn2)s1. The van der Waals surface area contributed by atoms with Crippen molar-refractivity contribution in [3.8, 4) is 0 Å². The lowest BCUT2D eigenvalue weighted by Gasteiger charge is -2.18. The Hall–Kier alpha value is -0.780. The van der Waals surface area contributed by atoms with Crippen molar-refractivity contribution in [3.63, 3.8) is 0 Å². The van der Waals surface area contributed by atoms with Crippen LogP contribution in [-0.4, -0.2) is 9.97 Å². The Morgan fingerprint density at radius 1 is 1.24 bits per heavy atom. The first-order chi connectivity index (χ1) is 8.08. The number of hydrogen-bond acceptors (Lipinski definition) is 5. The summed E-state index contributed by atoms with van der Waals surface area (Å²) >= 11 is 3.41. The number of thiazole rings is 2. The molecule has 17 heavy (non-hydrogen) atoms. The molecule has 0 saturated carbocycles. The van der Waals surface area contributed by atoms with Crippen LogP contribution in [0.4, 0.5) is 0 Å². The maximum absolute atomic E-state index is 4.47. The summed E-state index contributed by atoms with van der Waals surface area (Å²) in [5.74, 6) is 0. The van der Waals surface area contributed by atoms with Crippen LogP contribution >= 0.6 is 22.7 Å². The molecule has 0 amide bonds. The topological polar surface area (TPSA) is 37.8 Å². The van der Waals surface area contributed by atoms with Crippen molar-refractivity contribution in [1.29, 1.82) is 0 Å². The average molecular weight is 267 g/mol. The van der Waals surface area contributed by atoms with E-state index in [9.17, 15) is 0 Å². The minimum Gasteiger partial charge on any atom is -0.301 e. The summed E-state index contributed by atoms with van der Waals surface area (Å²) < 4.78 is 0. The normalized spacial score (nSPS) is 14.8. The van der Waals surface area contributed by atoms with E-state index in [2.05, 4.69) is 48.4 Å². The molecular weight excluding hydrogens is 250 g/mol. The van der Waals surface area contributed by atoms with Crippen molar-refractivity contribution >= 4 is 22.7 Å². The van der Waals surface area contributed by atoms with E-state index in [0.717, 1.165) is 16.4 Å². The third-order valence-corrected chi connectivity index (χ3v) is 4.59. The van der Waals surface area contributed by atoms with Gasteiger partial charge in [0.1, 0.15) is 0 Å². The van der Waals surface area contributed by atoms with Crippen molar-refractivity contribution < 1.29 is 0 Å². The number of aromatic nitrogens is 2. The zero-order valence-electron chi connectivity index (χ0n) is 10.5. The van der Waals surface area contributed by atoms with Gasteiger partial charge in [0, 0.05) is 22.3 Å². The third kappa shape index (κ3) is 2.91. The van der Waals surface area contributed by atoms with Crippen LogP contribution in [0.2, 0.25) is 0 Å². The Bertz CT molecular complexity index is 476. The Balaban J connectivity index is 2.06. The fourth-order valence-corrected chi connectivity index (χ4v) is 3.51. The summed E-state index contributed by atoms with van der Waals surface area (Å²) in [4.78, 5) is 10.1. The quantitative estimate of drug-likeness (QED) is 0.919. The van der Waals surface area contributed by atoms with Crippen molar-refractivity contribution in [2.45, 2.75) is 39.8 Å². The van der Waals surface area contributed by atoms with E-state index in [1.165, 1.54) is 4.88 Å². The van der Waals surface area contributed by atoms with Gasteiger partial charge in [-0.05, 0) is 27.7 Å². The van der Waals surface area contributed by atoms with Gasteiger partial charge in [0.25, 0.3) is 0 Å². The molecule has 2 atom stereocenters. The highest BCUT2D eigenvalue weighted by Crippen LogP contribution is 2.26. The standard InChI is InChI=1S/C12H17N3S2/c1-7(11-5-16-6-13-11)14-8(2)12-9(3)15-10(4)17-12/h5-8,14H,1-4H3. The average Bonchev–Trinajstić information content (AvgIpc) is 2.87. The summed E-state index contributed by atoms with van der Waals surface area (Å²) in [5, 5.41) is 6.79. The minimum atomic E-state index is 0.276. The second-order valence-corrected chi connectivity index (χ2v) is 6.16. The molecule has 0 bridgehead atoms. The highest BCUT2D eigenvalue weighted by atomic mass is 32.1. The largest absolute Gasteiger partial charge is 0.301 e. The van der Waals surface area contributed by atoms with Crippen LogP contribution in [0, 0.1) is 13.8 Å². The zero-order chi connectivity index (χ0) is 12.4. The molecule has 0 radical (unpaired) electrons. The summed E-state index contributed by atoms with van der Waals surface area (Å²) in [6.07, 6.45) is 0. The van der Waals surface area contributed by atoms with Gasteiger partial charge in [0.2, 0.25) is 0 Å². The number of nitrogens with zero attached hydrogens (tertiary/aromatic N) is 2. The van der Waals surface area contributed by atoms with E-state index in [0.29, 0.717) is 6.04 Å². The van der Waals surface area contributed by atoms with Gasteiger partial charge in [0.05, 0.1) is 21.9 Å². The zero-order valence-corrected chi connectivity index (χ0v) is 12.2. The number of aryl methyl sites for hydroxylation is 2. The summed E-state index contributed by atoms with van der Waals surface area (Å²) in [7, 11) is 0. The summed E-state index contributed by atoms with van der Waals surface area (Å²) in [6.45, 7) is 8.46. The molecule has 2 unspecified atom stereocenters. The fourth-order valence-electron chi connectivity index (χ4n) is 1.92. The molecule has 0 saturated heterocycles. The molecule has 3 nitrogen and oxygen atoms in total. The van der Waals surface area contributed by atoms with Gasteiger partial charge in [-0.3, -0.25) is 0 Å². The van der Waals surface area contributed by atoms with E-state index < -0.39 is 0 Å². The van der Waals surface area contributed by atoms with Crippen molar-refractivity contribution in [2.24, 2.45) is 0 Å². The molecule has 0 aliphatic heterocycles. The molecule has 2 aromatic rings. The van der Waals surface area contributed by atoms with Crippen molar-refractivity contribution in [2.75, 3.05) is 0 Å². The number of hydrogen-bond donors (Lipinski definition) is 1. The highest BCUT2D eigenvalue weighted by molar-refractivity contribution is 7.11. The first-order valence-electron chi connectivity index (χ1n) is 5.66. The Labute approximate surface area is 110 Å². The van der Waals surface area contributed by atoms with Gasteiger partial charge in [-0.1, -0.05) is 0 Å². The molecule has 0 aliphatic carbocycles. The summed E-state index contributed by atoms with van der Waals surface area (Å²) in [6, 6.07) is 0.593. The van der Waals surface area contributed by atoms with E-state index in [1.807, 2.05) is 5.51 Å². The fraction of sp³-hybridized carbons (Fsp3) is 0.500. The van der Waals surface area contributed by atoms with Gasteiger partial charge in [0.15, 0.2) is 0 Å². The lowest BCUT2D eigenvalue weighted by molar-refractivity contribution is 0.491. The molecule has 0 fully saturated rings. The van der Waals surface area contributed by atoms with E-state index in [4.69, 9.17) is 0 Å². The molecule has 5 heteroatoms. The maximum atomic E-state index is 4.47. The van der Waals surface area contributed by atoms with Crippen LogP contribution in [-0.2, 0) is 0 Å². The van der Waals surface area contributed by atoms with Crippen LogP contribution in [0.5, 0.6) is 0 Å². The van der Waals surface area contributed by atoms with Gasteiger partial charge in [-0.15, -0.1) is 22.7 Å². The maximum Gasteiger partial charge on any atom is 0.0900 e. The first kappa shape index (κ1) is 12.7. The van der Waals surface area contributed by atoms with Gasteiger partial charge >= 0.3 is 0 Å². The molecule has 0 spiro atoms. The van der Waals surface area contributed by atoms with Gasteiger partial charge < -0.3 is 5.32 Å². The van der Waals surface area contributed by atoms with E-state index in [1.54, 1.807) is 22.7 Å². The molecular formula is C12H17N3S2. The monoisotopic (exact) mass is 267 g/mol. The predicted octanol–water partition coefficient (Wildman–Crippen LogP) is 3.63. The molecule has 2 aromatic heterocycles. The molecule has 92 valence electrons. The number of nitrogens with one attached hydrogen (secondary N) is 1. The Kier molecular flexibility index (Phi) is 3.91. The Morgan fingerprint density at radius 2 is 2.00 bits per heavy atom. The van der Waals surface area contributed by atoms with Gasteiger partial charge in [-0.25, -0.2) is 9.97 Å². The van der Waals surface area contributed by atoms with E-state index >= 15 is 0 Å². The lowest BCUT2D eigenvalue weighted by atomic mass is 10.2. The molecule has 0 aliphatic rings. The third-order valence-electron chi connectivity index (χ3n) is 2.73. The first-order valence-corrected chi connectivity index (χ1v) is 7.42. The van der Waals surface area contributed by atoms with Crippen LogP contribution in [0.15, 0.2) is 10.9 Å². The second kappa shape index (κ2) is 5.25. The van der Waals surface area contributed by atoms with E-state index in [-0.39, 0.29) is 6.04 Å². The second-order valence-electron chi connectivity index (χ2n) is 4.21. The predicted molar refractivity (Wildman–Crippen MR) is 73.7 cm³/mol. The smallest absolute Gasteiger partial charge is 0.0900 e. The summed E-state index contributed by atoms with van der Waals surface area (Å²) in [5.41, 5.74) is 4.12. The molecule has 1 N–H and O–H groups in total. The highest BCUT2D eigenvalue weighted by Gasteiger charge is 2.16. The molecule has 2 rings (SSSR count). The van der Waals surface area contributed by atoms with Crippen molar-refractivity contribution in [3.05, 3.63) is 32.2 Å². The van der Waals surface area contributed by atoms with Crippen LogP contribution in [0.25, 0.3) is 0 Å². The van der Waals surface area contributed by atoms with Crippen LogP contribution < -0.4 is 5.32 Å². The van der Waals surface area contributed by atoms with Crippen LogP contribution in [0.3, 0.4) is 0 Å². The Morgan fingerprint density at radius 3 is 2.53 bits per heavy atom.